The van der Waals surface area contributed by atoms with Gasteiger partial charge in [0.05, 0.1) is 0 Å². The highest BCUT2D eigenvalue weighted by Gasteiger charge is 2.19. The van der Waals surface area contributed by atoms with E-state index >= 15 is 0 Å². The van der Waals surface area contributed by atoms with Gasteiger partial charge < -0.3 is 14.2 Å². The van der Waals surface area contributed by atoms with E-state index in [-0.39, 0.29) is 37.5 Å². The first-order chi connectivity index (χ1) is 28.5. The highest BCUT2D eigenvalue weighted by molar-refractivity contribution is 5.71. The normalized spacial score (nSPS) is 12.5. The fourth-order valence-electron chi connectivity index (χ4n) is 6.53. The highest BCUT2D eigenvalue weighted by Crippen LogP contribution is 2.14. The number of rotatable bonds is 43. The molecule has 0 bridgehead atoms. The second-order valence-corrected chi connectivity index (χ2v) is 16.0. The largest absolute Gasteiger partial charge is 0.462 e. The van der Waals surface area contributed by atoms with E-state index in [1.54, 1.807) is 0 Å². The predicted octanol–water partition coefficient (Wildman–Crippen LogP) is 15.7. The topological polar surface area (TPSA) is 78.9 Å². The molecule has 0 heterocycles. The number of unbranched alkanes of at least 4 members (excludes halogenated alkanes) is 22. The molecule has 58 heavy (non-hydrogen) atoms. The summed E-state index contributed by atoms with van der Waals surface area (Å²) in [6.45, 7) is 6.51. The van der Waals surface area contributed by atoms with E-state index in [0.29, 0.717) is 19.3 Å². The molecule has 334 valence electrons. The quantitative estimate of drug-likeness (QED) is 0.0264. The number of hydrogen-bond donors (Lipinski definition) is 0. The summed E-state index contributed by atoms with van der Waals surface area (Å²) in [7, 11) is 0. The molecule has 0 fully saturated rings. The maximum atomic E-state index is 12.7. The zero-order valence-electron chi connectivity index (χ0n) is 38.0. The fraction of sp³-hybridized carbons (Fsp3) is 0.750. The van der Waals surface area contributed by atoms with Gasteiger partial charge in [-0.3, -0.25) is 14.4 Å². The number of esters is 3. The van der Waals surface area contributed by atoms with Gasteiger partial charge in [-0.05, 0) is 77.0 Å². The molecular formula is C52H90O6. The van der Waals surface area contributed by atoms with Crippen LogP contribution in [0.15, 0.2) is 60.8 Å². The third-order valence-electron chi connectivity index (χ3n) is 10.2. The third kappa shape index (κ3) is 44.2. The minimum absolute atomic E-state index is 0.0932. The average molecular weight is 811 g/mol. The molecular weight excluding hydrogens is 721 g/mol. The monoisotopic (exact) mass is 811 g/mol. The lowest BCUT2D eigenvalue weighted by Gasteiger charge is -2.18. The molecule has 0 rings (SSSR count). The molecule has 0 radical (unpaired) electrons. The van der Waals surface area contributed by atoms with E-state index in [9.17, 15) is 14.4 Å². The van der Waals surface area contributed by atoms with Crippen LogP contribution < -0.4 is 0 Å². The van der Waals surface area contributed by atoms with Crippen molar-refractivity contribution in [3.63, 3.8) is 0 Å². The molecule has 0 aliphatic rings. The van der Waals surface area contributed by atoms with Crippen LogP contribution in [0.5, 0.6) is 0 Å². The Morgan fingerprint density at radius 1 is 0.345 bits per heavy atom. The molecule has 1 atom stereocenters. The Balaban J connectivity index is 4.45. The van der Waals surface area contributed by atoms with Crippen molar-refractivity contribution in [3.8, 4) is 0 Å². The van der Waals surface area contributed by atoms with E-state index < -0.39 is 6.10 Å². The first-order valence-corrected chi connectivity index (χ1v) is 24.3. The van der Waals surface area contributed by atoms with Gasteiger partial charge in [0.25, 0.3) is 0 Å². The van der Waals surface area contributed by atoms with Crippen LogP contribution in [0, 0.1) is 0 Å². The van der Waals surface area contributed by atoms with Crippen molar-refractivity contribution in [2.24, 2.45) is 0 Å². The molecule has 0 aromatic heterocycles. The van der Waals surface area contributed by atoms with Crippen molar-refractivity contribution in [3.05, 3.63) is 60.8 Å². The lowest BCUT2D eigenvalue weighted by atomic mass is 10.0. The van der Waals surface area contributed by atoms with Crippen molar-refractivity contribution in [1.82, 2.24) is 0 Å². The van der Waals surface area contributed by atoms with Gasteiger partial charge in [0.1, 0.15) is 13.2 Å². The smallest absolute Gasteiger partial charge is 0.306 e. The van der Waals surface area contributed by atoms with E-state index in [0.717, 1.165) is 77.0 Å². The Hall–Kier alpha value is -2.89. The Kier molecular flexibility index (Phi) is 44.5. The SMILES string of the molecule is CCCC/C=C\CCCCCCCC(=O)O[C@H](COC(=O)CCC/C=C\C/C=C\C/C=C\C/C=C\CCCCC)COC(=O)CCCCCCCCCCCCCC. The average Bonchev–Trinajstić information content (AvgIpc) is 3.22. The van der Waals surface area contributed by atoms with Crippen molar-refractivity contribution >= 4 is 17.9 Å². The standard InChI is InChI=1S/C52H90O6/c1-4-7-10-13-16-19-22-24-25-26-27-28-31-33-36-39-42-45-51(54)57-48-49(58-52(55)46-43-40-37-34-29-21-18-15-12-9-6-3)47-56-50(53)44-41-38-35-32-30-23-20-17-14-11-8-5-2/h15-16,18-19,24-25,27-28,33,36,49H,4-14,17,20-23,26,29-32,34-35,37-48H2,1-3H3/b18-15-,19-16-,25-24-,28-27-,36-33-/t49-/m0/s1. The Bertz CT molecular complexity index is 1070. The zero-order chi connectivity index (χ0) is 42.3. The zero-order valence-corrected chi connectivity index (χ0v) is 38.0. The molecule has 0 aliphatic heterocycles. The summed E-state index contributed by atoms with van der Waals surface area (Å²) < 4.78 is 16.7. The van der Waals surface area contributed by atoms with E-state index in [1.807, 2.05) is 0 Å². The Morgan fingerprint density at radius 3 is 1.14 bits per heavy atom. The molecule has 0 aliphatic carbocycles. The maximum absolute atomic E-state index is 12.7. The van der Waals surface area contributed by atoms with Gasteiger partial charge in [-0.15, -0.1) is 0 Å². The van der Waals surface area contributed by atoms with E-state index in [2.05, 4.69) is 81.5 Å². The van der Waals surface area contributed by atoms with Crippen molar-refractivity contribution in [2.45, 2.75) is 239 Å². The van der Waals surface area contributed by atoms with Crippen LogP contribution in [-0.2, 0) is 28.6 Å². The van der Waals surface area contributed by atoms with Crippen LogP contribution in [0.3, 0.4) is 0 Å². The van der Waals surface area contributed by atoms with E-state index in [1.165, 1.54) is 109 Å². The van der Waals surface area contributed by atoms with Gasteiger partial charge >= 0.3 is 17.9 Å². The van der Waals surface area contributed by atoms with Gasteiger partial charge in [0.15, 0.2) is 6.10 Å². The van der Waals surface area contributed by atoms with E-state index in [4.69, 9.17) is 14.2 Å². The van der Waals surface area contributed by atoms with Gasteiger partial charge in [0.2, 0.25) is 0 Å². The Labute approximate surface area is 358 Å². The molecule has 0 aromatic carbocycles. The van der Waals surface area contributed by atoms with Gasteiger partial charge in [-0.25, -0.2) is 0 Å². The summed E-state index contributed by atoms with van der Waals surface area (Å²) >= 11 is 0. The summed E-state index contributed by atoms with van der Waals surface area (Å²) in [6, 6.07) is 0. The lowest BCUT2D eigenvalue weighted by molar-refractivity contribution is -0.167. The maximum Gasteiger partial charge on any atom is 0.306 e. The molecule has 0 saturated carbocycles. The minimum atomic E-state index is -0.796. The van der Waals surface area contributed by atoms with Gasteiger partial charge in [0, 0.05) is 19.3 Å². The fourth-order valence-corrected chi connectivity index (χ4v) is 6.53. The lowest BCUT2D eigenvalue weighted by Crippen LogP contribution is -2.30. The second kappa shape index (κ2) is 46.8. The van der Waals surface area contributed by atoms with Crippen LogP contribution in [-0.4, -0.2) is 37.2 Å². The van der Waals surface area contributed by atoms with Crippen molar-refractivity contribution in [1.29, 1.82) is 0 Å². The molecule has 0 N–H and O–H groups in total. The van der Waals surface area contributed by atoms with Crippen molar-refractivity contribution in [2.75, 3.05) is 13.2 Å². The molecule has 6 heteroatoms. The van der Waals surface area contributed by atoms with Crippen molar-refractivity contribution < 1.29 is 28.6 Å². The third-order valence-corrected chi connectivity index (χ3v) is 10.2. The molecule has 0 amide bonds. The molecule has 0 unspecified atom stereocenters. The number of allylic oxidation sites excluding steroid dienone is 10. The van der Waals surface area contributed by atoms with Crippen LogP contribution in [0.2, 0.25) is 0 Å². The number of hydrogen-bond acceptors (Lipinski definition) is 6. The van der Waals surface area contributed by atoms with Crippen LogP contribution in [0.1, 0.15) is 233 Å². The molecule has 0 spiro atoms. The number of ether oxygens (including phenoxy) is 3. The highest BCUT2D eigenvalue weighted by atomic mass is 16.6. The number of carbonyl (C=O) groups is 3. The summed E-state index contributed by atoms with van der Waals surface area (Å²) in [5.41, 5.74) is 0. The summed E-state index contributed by atoms with van der Waals surface area (Å²) in [5.74, 6) is -0.962. The minimum Gasteiger partial charge on any atom is -0.462 e. The van der Waals surface area contributed by atoms with Crippen LogP contribution in [0.4, 0.5) is 0 Å². The summed E-state index contributed by atoms with van der Waals surface area (Å²) in [5, 5.41) is 0. The first-order valence-electron chi connectivity index (χ1n) is 24.3. The van der Waals surface area contributed by atoms with Gasteiger partial charge in [-0.2, -0.15) is 0 Å². The molecule has 6 nitrogen and oxygen atoms in total. The first kappa shape index (κ1) is 55.1. The second-order valence-electron chi connectivity index (χ2n) is 16.0. The Morgan fingerprint density at radius 2 is 0.655 bits per heavy atom. The van der Waals surface area contributed by atoms with Gasteiger partial charge in [-0.1, -0.05) is 197 Å². The number of carbonyl (C=O) groups excluding carboxylic acids is 3. The van der Waals surface area contributed by atoms with Crippen LogP contribution >= 0.6 is 0 Å². The summed E-state index contributed by atoms with van der Waals surface area (Å²) in [6.07, 6.45) is 56.3. The predicted molar refractivity (Wildman–Crippen MR) is 247 cm³/mol. The molecule has 0 saturated heterocycles. The molecule has 0 aromatic rings. The summed E-state index contributed by atoms with van der Waals surface area (Å²) in [4.78, 5) is 37.8. The van der Waals surface area contributed by atoms with Crippen LogP contribution in [0.25, 0.3) is 0 Å².